The maximum Gasteiger partial charge on any atom is 0.119 e. The van der Waals surface area contributed by atoms with Crippen molar-refractivity contribution in [2.75, 3.05) is 7.11 Å². The zero-order chi connectivity index (χ0) is 9.84. The van der Waals surface area contributed by atoms with Gasteiger partial charge in [-0.1, -0.05) is 17.1 Å². The van der Waals surface area contributed by atoms with Crippen molar-refractivity contribution in [3.05, 3.63) is 22.7 Å². The predicted octanol–water partition coefficient (Wildman–Crippen LogP) is 0.621. The first-order valence-corrected chi connectivity index (χ1v) is 4.05. The lowest BCUT2D eigenvalue weighted by molar-refractivity contribution is 0.160. The molecule has 0 heterocycles. The molecule has 0 bridgehead atoms. The molecule has 0 saturated carbocycles. The van der Waals surface area contributed by atoms with Crippen LogP contribution >= 0.6 is 11.6 Å². The lowest BCUT2D eigenvalue weighted by Crippen LogP contribution is -2.14. The molecule has 0 aliphatic rings. The molecule has 0 atom stereocenters. The minimum Gasteiger partial charge on any atom is -0.497 e. The van der Waals surface area contributed by atoms with Gasteiger partial charge < -0.3 is 9.94 Å². The van der Waals surface area contributed by atoms with Gasteiger partial charge in [0.2, 0.25) is 0 Å². The number of rotatable bonds is 3. The van der Waals surface area contributed by atoms with E-state index in [9.17, 15) is 0 Å². The zero-order valence-corrected chi connectivity index (χ0v) is 7.93. The molecule has 0 amide bonds. The SMILES string of the molecule is [B]c1cc(Cl)cc(CNO)c1OC. The van der Waals surface area contributed by atoms with Crippen LogP contribution in [0.3, 0.4) is 0 Å². The lowest BCUT2D eigenvalue weighted by Gasteiger charge is -2.11. The Labute approximate surface area is 83.0 Å². The Morgan fingerprint density at radius 2 is 2.31 bits per heavy atom. The van der Waals surface area contributed by atoms with Gasteiger partial charge in [-0.05, 0) is 12.1 Å². The van der Waals surface area contributed by atoms with Crippen LogP contribution < -0.4 is 15.7 Å². The van der Waals surface area contributed by atoms with Gasteiger partial charge in [0.05, 0.1) is 7.11 Å². The highest BCUT2D eigenvalue weighted by Crippen LogP contribution is 2.19. The fraction of sp³-hybridized carbons (Fsp3) is 0.250. The summed E-state index contributed by atoms with van der Waals surface area (Å²) < 4.78 is 5.05. The minimum absolute atomic E-state index is 0.244. The van der Waals surface area contributed by atoms with E-state index in [0.717, 1.165) is 5.56 Å². The van der Waals surface area contributed by atoms with Gasteiger partial charge >= 0.3 is 0 Å². The summed E-state index contributed by atoms with van der Waals surface area (Å²) in [4.78, 5) is 0. The molecule has 68 valence electrons. The Kier molecular flexibility index (Phi) is 3.60. The summed E-state index contributed by atoms with van der Waals surface area (Å²) in [5.74, 6) is 0.533. The van der Waals surface area contributed by atoms with Gasteiger partial charge in [-0.3, -0.25) is 0 Å². The van der Waals surface area contributed by atoms with E-state index >= 15 is 0 Å². The van der Waals surface area contributed by atoms with Gasteiger partial charge in [0.25, 0.3) is 0 Å². The Morgan fingerprint density at radius 1 is 1.62 bits per heavy atom. The number of methoxy groups -OCH3 is 1. The summed E-state index contributed by atoms with van der Waals surface area (Å²) in [6.45, 7) is 0.244. The number of hydroxylamine groups is 1. The monoisotopic (exact) mass is 197 g/mol. The lowest BCUT2D eigenvalue weighted by atomic mass is 9.92. The third kappa shape index (κ3) is 2.37. The quantitative estimate of drug-likeness (QED) is 0.551. The third-order valence-corrected chi connectivity index (χ3v) is 1.85. The van der Waals surface area contributed by atoms with E-state index in [1.165, 1.54) is 7.11 Å². The molecule has 0 aromatic heterocycles. The first-order chi connectivity index (χ1) is 6.19. The summed E-state index contributed by atoms with van der Waals surface area (Å²) >= 11 is 5.77. The van der Waals surface area contributed by atoms with Gasteiger partial charge in [-0.2, -0.15) is 0 Å². The van der Waals surface area contributed by atoms with E-state index in [1.807, 2.05) is 5.48 Å². The van der Waals surface area contributed by atoms with Gasteiger partial charge in [0.1, 0.15) is 13.6 Å². The molecule has 3 nitrogen and oxygen atoms in total. The maximum absolute atomic E-state index is 8.53. The molecule has 1 aromatic rings. The molecule has 5 heteroatoms. The summed E-state index contributed by atoms with van der Waals surface area (Å²) in [6, 6.07) is 3.28. The molecule has 0 saturated heterocycles. The van der Waals surface area contributed by atoms with E-state index in [4.69, 9.17) is 29.4 Å². The second-order valence-electron chi connectivity index (χ2n) is 2.52. The van der Waals surface area contributed by atoms with E-state index in [2.05, 4.69) is 0 Å². The van der Waals surface area contributed by atoms with Crippen molar-refractivity contribution in [3.8, 4) is 5.75 Å². The fourth-order valence-electron chi connectivity index (χ4n) is 1.14. The second kappa shape index (κ2) is 4.51. The summed E-state index contributed by atoms with van der Waals surface area (Å²) in [5, 5.41) is 9.05. The fourth-order valence-corrected chi connectivity index (χ4v) is 1.39. The molecule has 0 fully saturated rings. The Hall–Kier alpha value is -0.705. The molecule has 13 heavy (non-hydrogen) atoms. The van der Waals surface area contributed by atoms with Crippen molar-refractivity contribution < 1.29 is 9.94 Å². The van der Waals surface area contributed by atoms with Crippen LogP contribution in [-0.4, -0.2) is 20.2 Å². The van der Waals surface area contributed by atoms with Gasteiger partial charge in [-0.25, -0.2) is 5.48 Å². The highest BCUT2D eigenvalue weighted by atomic mass is 35.5. The summed E-state index contributed by atoms with van der Waals surface area (Å²) in [6.07, 6.45) is 0. The van der Waals surface area contributed by atoms with Crippen LogP contribution in [0.4, 0.5) is 0 Å². The van der Waals surface area contributed by atoms with Crippen molar-refractivity contribution in [1.29, 1.82) is 0 Å². The Morgan fingerprint density at radius 3 is 2.85 bits per heavy atom. The second-order valence-corrected chi connectivity index (χ2v) is 2.96. The van der Waals surface area contributed by atoms with Gasteiger partial charge in [0.15, 0.2) is 0 Å². The molecule has 0 aliphatic heterocycles. The Bertz CT molecular complexity index is 306. The highest BCUT2D eigenvalue weighted by Gasteiger charge is 2.06. The van der Waals surface area contributed by atoms with Gasteiger partial charge in [0, 0.05) is 17.1 Å². The van der Waals surface area contributed by atoms with Crippen LogP contribution in [0.5, 0.6) is 5.75 Å². The molecule has 2 N–H and O–H groups in total. The summed E-state index contributed by atoms with van der Waals surface area (Å²) in [5.41, 5.74) is 3.20. The maximum atomic E-state index is 8.53. The molecular formula is C8H9BClNO2. The number of nitrogens with one attached hydrogen (secondary N) is 1. The van der Waals surface area contributed by atoms with Crippen LogP contribution in [0, 0.1) is 0 Å². The van der Waals surface area contributed by atoms with Crippen molar-refractivity contribution >= 4 is 24.9 Å². The molecular weight excluding hydrogens is 188 g/mol. The topological polar surface area (TPSA) is 41.5 Å². The number of hydrogen-bond acceptors (Lipinski definition) is 3. The highest BCUT2D eigenvalue weighted by molar-refractivity contribution is 6.37. The molecule has 0 spiro atoms. The van der Waals surface area contributed by atoms with Crippen molar-refractivity contribution in [3.63, 3.8) is 0 Å². The van der Waals surface area contributed by atoms with Crippen LogP contribution in [0.25, 0.3) is 0 Å². The predicted molar refractivity (Wildman–Crippen MR) is 52.0 cm³/mol. The van der Waals surface area contributed by atoms with E-state index in [1.54, 1.807) is 12.1 Å². The molecule has 0 aliphatic carbocycles. The van der Waals surface area contributed by atoms with Gasteiger partial charge in [-0.15, -0.1) is 0 Å². The first-order valence-electron chi connectivity index (χ1n) is 3.68. The molecule has 0 unspecified atom stereocenters. The van der Waals surface area contributed by atoms with E-state index in [-0.39, 0.29) is 6.54 Å². The van der Waals surface area contributed by atoms with Crippen molar-refractivity contribution in [2.24, 2.45) is 0 Å². The Balaban J connectivity index is 3.13. The normalized spacial score (nSPS) is 10.1. The molecule has 1 rings (SSSR count). The third-order valence-electron chi connectivity index (χ3n) is 1.63. The van der Waals surface area contributed by atoms with Crippen LogP contribution in [0.1, 0.15) is 5.56 Å². The largest absolute Gasteiger partial charge is 0.497 e. The smallest absolute Gasteiger partial charge is 0.119 e. The first kappa shape index (κ1) is 10.4. The number of halogens is 1. The van der Waals surface area contributed by atoms with Crippen molar-refractivity contribution in [1.82, 2.24) is 5.48 Å². The molecule has 1 aromatic carbocycles. The van der Waals surface area contributed by atoms with Crippen molar-refractivity contribution in [2.45, 2.75) is 6.54 Å². The number of hydrogen-bond donors (Lipinski definition) is 2. The average Bonchev–Trinajstić information content (AvgIpc) is 2.04. The zero-order valence-electron chi connectivity index (χ0n) is 7.17. The van der Waals surface area contributed by atoms with E-state index in [0.29, 0.717) is 16.2 Å². The molecule has 2 radical (unpaired) electrons. The van der Waals surface area contributed by atoms with Crippen LogP contribution in [0.2, 0.25) is 5.02 Å². The standard InChI is InChI=1S/C8H9BClNO2/c1-13-8-5(4-11-12)2-6(10)3-7(8)9/h2-3,11-12H,4H2,1H3. The van der Waals surface area contributed by atoms with Crippen LogP contribution in [-0.2, 0) is 6.54 Å². The van der Waals surface area contributed by atoms with E-state index < -0.39 is 0 Å². The minimum atomic E-state index is 0.244. The number of benzene rings is 1. The average molecular weight is 197 g/mol. The number of ether oxygens (including phenoxy) is 1. The summed E-state index contributed by atoms with van der Waals surface area (Å²) in [7, 11) is 7.16. The van der Waals surface area contributed by atoms with Crippen LogP contribution in [0.15, 0.2) is 12.1 Å².